The Labute approximate surface area is 425 Å². The normalized spacial score (nSPS) is 11.0. The fourth-order valence-corrected chi connectivity index (χ4v) is 9.40. The second-order valence-corrected chi connectivity index (χ2v) is 17.7. The van der Waals surface area contributed by atoms with Crippen LogP contribution < -0.4 is 0 Å². The summed E-state index contributed by atoms with van der Waals surface area (Å²) in [5.74, 6) is 0. The molecule has 11 rings (SSSR count). The Morgan fingerprint density at radius 1 is 0.357 bits per heavy atom. The van der Waals surface area contributed by atoms with E-state index < -0.39 is 0 Å². The molecule has 8 aromatic carbocycles. The number of nitrogens with zero attached hydrogens (tertiary/aromatic N) is 3. The van der Waals surface area contributed by atoms with Gasteiger partial charge in [-0.25, -0.2) is 0 Å². The molecule has 70 heavy (non-hydrogen) atoms. The zero-order valence-corrected chi connectivity index (χ0v) is 41.3. The topological polar surface area (TPSA) is 38.7 Å². The molecule has 0 atom stereocenters. The molecule has 0 fully saturated rings. The molecule has 0 aliphatic rings. The van der Waals surface area contributed by atoms with E-state index in [1.54, 1.807) is 0 Å². The summed E-state index contributed by atoms with van der Waals surface area (Å²) in [6.07, 6.45) is 7.25. The summed E-state index contributed by atoms with van der Waals surface area (Å²) in [7, 11) is 0. The molecule has 3 aromatic heterocycles. The molecular formula is C66H48IrN3. The molecule has 0 bridgehead atoms. The van der Waals surface area contributed by atoms with Gasteiger partial charge in [0.1, 0.15) is 0 Å². The van der Waals surface area contributed by atoms with E-state index in [9.17, 15) is 0 Å². The number of pyridine rings is 3. The van der Waals surface area contributed by atoms with Crippen LogP contribution in [0.5, 0.6) is 0 Å². The standard InChI is InChI=1S/C66H48N3.Ir/c1-46-41-66(69-65-20-8-7-15-58(46)65)56-37-38-61(62(45-56)53-35-33-52(34-36-53)51-13-3-2-4-14-51)60-17-6-5-16-59(60)57-43-49(23-21-47-25-29-54(30-26-47)63-18-9-11-39-67-63)42-50(44-57)24-22-48-27-31-55(32-28-48)64-19-10-12-40-68-64;/h2-20,25-29,31,33-36,38-45H,21-24H2,1H3;/q-3;+3. The SMILES string of the molecule is Cc1cc(-c2[c-]cc(-c3ccccc3-c3cc(CCc4c[c-]c(-c5ccccn5)cc4)cc(CCc4c[c-]c(-c5ccccn5)cc4)c3)c(-c3ccc(-c4ccccc4)cc3)c2)nc2ccccc12.[Ir+3]. The maximum atomic E-state index is 5.16. The Kier molecular flexibility index (Phi) is 13.9. The smallest absolute Gasteiger partial charge is 0.305 e. The molecule has 4 heteroatoms. The van der Waals surface area contributed by atoms with Crippen LogP contribution in [0.3, 0.4) is 0 Å². The first-order valence-electron chi connectivity index (χ1n) is 23.7. The van der Waals surface area contributed by atoms with E-state index in [4.69, 9.17) is 4.98 Å². The van der Waals surface area contributed by atoms with Crippen LogP contribution in [0.25, 0.3) is 89.2 Å². The Bertz CT molecular complexity index is 3410. The minimum Gasteiger partial charge on any atom is -0.305 e. The number of hydrogen-bond donors (Lipinski definition) is 0. The number of rotatable bonds is 13. The van der Waals surface area contributed by atoms with E-state index in [0.717, 1.165) is 87.2 Å². The zero-order chi connectivity index (χ0) is 46.4. The first kappa shape index (κ1) is 45.9. The van der Waals surface area contributed by atoms with E-state index in [2.05, 4.69) is 211 Å². The van der Waals surface area contributed by atoms with Crippen molar-refractivity contribution in [1.29, 1.82) is 0 Å². The molecule has 3 nitrogen and oxygen atoms in total. The van der Waals surface area contributed by atoms with Crippen molar-refractivity contribution in [3.8, 4) is 78.3 Å². The predicted molar refractivity (Wildman–Crippen MR) is 284 cm³/mol. The van der Waals surface area contributed by atoms with Crippen LogP contribution >= 0.6 is 0 Å². The van der Waals surface area contributed by atoms with Gasteiger partial charge in [-0.3, -0.25) is 4.98 Å². The third-order valence-corrected chi connectivity index (χ3v) is 13.1. The van der Waals surface area contributed by atoms with E-state index >= 15 is 0 Å². The molecule has 3 heterocycles. The molecule has 0 radical (unpaired) electrons. The molecular weight excluding hydrogens is 1030 g/mol. The van der Waals surface area contributed by atoms with Gasteiger partial charge in [0.2, 0.25) is 0 Å². The van der Waals surface area contributed by atoms with Gasteiger partial charge in [-0.2, -0.15) is 0 Å². The van der Waals surface area contributed by atoms with Crippen molar-refractivity contribution in [3.63, 3.8) is 0 Å². The molecule has 0 aliphatic heterocycles. The Morgan fingerprint density at radius 3 is 1.51 bits per heavy atom. The number of para-hydroxylation sites is 1. The van der Waals surface area contributed by atoms with E-state index in [-0.39, 0.29) is 20.1 Å². The maximum absolute atomic E-state index is 5.16. The van der Waals surface area contributed by atoms with Crippen LogP contribution in [-0.4, -0.2) is 15.0 Å². The van der Waals surface area contributed by atoms with E-state index in [0.29, 0.717) is 0 Å². The van der Waals surface area contributed by atoms with Crippen LogP contribution in [0.15, 0.2) is 225 Å². The molecule has 0 unspecified atom stereocenters. The molecule has 336 valence electrons. The second kappa shape index (κ2) is 21.2. The molecule has 0 amide bonds. The van der Waals surface area contributed by atoms with Gasteiger partial charge in [-0.05, 0) is 99.6 Å². The molecule has 0 N–H and O–H groups in total. The number of hydrogen-bond acceptors (Lipinski definition) is 3. The summed E-state index contributed by atoms with van der Waals surface area (Å²) < 4.78 is 0. The average Bonchev–Trinajstić information content (AvgIpc) is 3.43. The second-order valence-electron chi connectivity index (χ2n) is 17.7. The summed E-state index contributed by atoms with van der Waals surface area (Å²) in [5.41, 5.74) is 22.4. The number of benzene rings is 8. The van der Waals surface area contributed by atoms with Crippen molar-refractivity contribution >= 4 is 10.9 Å². The van der Waals surface area contributed by atoms with Crippen molar-refractivity contribution in [2.45, 2.75) is 32.6 Å². The average molecular weight is 1080 g/mol. The van der Waals surface area contributed by atoms with Gasteiger partial charge in [-0.1, -0.05) is 175 Å². The molecule has 0 saturated carbocycles. The van der Waals surface area contributed by atoms with Crippen molar-refractivity contribution in [2.24, 2.45) is 0 Å². The minimum absolute atomic E-state index is 0. The Morgan fingerprint density at radius 2 is 0.900 bits per heavy atom. The van der Waals surface area contributed by atoms with Gasteiger partial charge in [0, 0.05) is 17.8 Å². The maximum Gasteiger partial charge on any atom is 3.00 e. The van der Waals surface area contributed by atoms with E-state index in [1.165, 1.54) is 55.5 Å². The zero-order valence-electron chi connectivity index (χ0n) is 38.9. The van der Waals surface area contributed by atoms with Crippen LogP contribution in [0.1, 0.15) is 27.8 Å². The summed E-state index contributed by atoms with van der Waals surface area (Å²) in [6.45, 7) is 2.17. The van der Waals surface area contributed by atoms with Gasteiger partial charge < -0.3 is 9.97 Å². The monoisotopic (exact) mass is 1080 g/mol. The fourth-order valence-electron chi connectivity index (χ4n) is 9.40. The molecule has 0 aliphatic carbocycles. The minimum atomic E-state index is 0. The number of aryl methyl sites for hydroxylation is 5. The summed E-state index contributed by atoms with van der Waals surface area (Å²) in [5, 5.41) is 1.17. The van der Waals surface area contributed by atoms with Crippen LogP contribution in [0.2, 0.25) is 0 Å². The van der Waals surface area contributed by atoms with E-state index in [1.807, 2.05) is 48.8 Å². The molecule has 0 spiro atoms. The first-order chi connectivity index (χ1) is 34.1. The third kappa shape index (κ3) is 10.3. The van der Waals surface area contributed by atoms with Crippen LogP contribution in [0, 0.1) is 25.1 Å². The summed E-state index contributed by atoms with van der Waals surface area (Å²) >= 11 is 0. The largest absolute Gasteiger partial charge is 3.00 e. The van der Waals surface area contributed by atoms with Gasteiger partial charge >= 0.3 is 20.1 Å². The summed E-state index contributed by atoms with van der Waals surface area (Å²) in [4.78, 5) is 14.2. The van der Waals surface area contributed by atoms with Gasteiger partial charge in [0.15, 0.2) is 0 Å². The predicted octanol–water partition coefficient (Wildman–Crippen LogP) is 16.0. The molecule has 11 aromatic rings. The van der Waals surface area contributed by atoms with Crippen molar-refractivity contribution in [1.82, 2.24) is 15.0 Å². The van der Waals surface area contributed by atoms with Crippen molar-refractivity contribution < 1.29 is 20.1 Å². The quantitative estimate of drug-likeness (QED) is 0.108. The Hall–Kier alpha value is -7.88. The Balaban J connectivity index is 0.00000567. The van der Waals surface area contributed by atoms with Crippen molar-refractivity contribution in [3.05, 3.63) is 271 Å². The van der Waals surface area contributed by atoms with Crippen molar-refractivity contribution in [2.75, 3.05) is 0 Å². The summed E-state index contributed by atoms with van der Waals surface area (Å²) in [6, 6.07) is 86.3. The fraction of sp³-hybridized carbons (Fsp3) is 0.0758. The third-order valence-electron chi connectivity index (χ3n) is 13.1. The van der Waals surface area contributed by atoms with Gasteiger partial charge in [-0.15, -0.1) is 94.5 Å². The number of fused-ring (bicyclic) bond motifs is 1. The van der Waals surface area contributed by atoms with Gasteiger partial charge in [0.05, 0.1) is 5.52 Å². The van der Waals surface area contributed by atoms with Gasteiger partial charge in [0.25, 0.3) is 0 Å². The molecule has 0 saturated heterocycles. The van der Waals surface area contributed by atoms with Crippen LogP contribution in [0.4, 0.5) is 0 Å². The van der Waals surface area contributed by atoms with Crippen LogP contribution in [-0.2, 0) is 45.8 Å². The number of aromatic nitrogens is 3. The first-order valence-corrected chi connectivity index (χ1v) is 23.7.